The van der Waals surface area contributed by atoms with E-state index in [1.54, 1.807) is 0 Å². The molecule has 1 amide bonds. The smallest absolute Gasteiger partial charge is 0.410 e. The third-order valence-electron chi connectivity index (χ3n) is 5.26. The van der Waals surface area contributed by atoms with Gasteiger partial charge in [-0.05, 0) is 64.2 Å². The van der Waals surface area contributed by atoms with E-state index in [-0.39, 0.29) is 6.09 Å². The maximum atomic E-state index is 12.3. The van der Waals surface area contributed by atoms with Gasteiger partial charge in [-0.25, -0.2) is 4.79 Å². The number of anilines is 1. The van der Waals surface area contributed by atoms with E-state index in [0.717, 1.165) is 18.6 Å². The first-order chi connectivity index (χ1) is 12.8. The van der Waals surface area contributed by atoms with Crippen LogP contribution >= 0.6 is 0 Å². The molecule has 0 radical (unpaired) electrons. The zero-order chi connectivity index (χ0) is 19.2. The van der Waals surface area contributed by atoms with Gasteiger partial charge in [0.25, 0.3) is 0 Å². The molecule has 5 heteroatoms. The lowest BCUT2D eigenvalue weighted by Crippen LogP contribution is -2.50. The number of nitrogens with zero attached hydrogens (tertiary/aromatic N) is 3. The molecule has 1 aromatic heterocycles. The molecule has 4 rings (SSSR count). The van der Waals surface area contributed by atoms with Crippen LogP contribution in [-0.2, 0) is 4.74 Å². The summed E-state index contributed by atoms with van der Waals surface area (Å²) in [6.45, 7) is 10.9. The van der Waals surface area contributed by atoms with Crippen molar-refractivity contribution in [2.45, 2.75) is 52.1 Å². The number of pyridine rings is 1. The molecule has 5 nitrogen and oxygen atoms in total. The molecule has 0 bridgehead atoms. The number of ether oxygens (including phenoxy) is 1. The van der Waals surface area contributed by atoms with Crippen molar-refractivity contribution in [1.82, 2.24) is 9.88 Å². The second-order valence-electron chi connectivity index (χ2n) is 8.81. The SMILES string of the molecule is Cc1cnc2c(C3CC3)c(N3CCN(C(=O)OC(C)(C)C)CC3)ccc2c1. The van der Waals surface area contributed by atoms with Gasteiger partial charge in [-0.3, -0.25) is 4.98 Å². The maximum Gasteiger partial charge on any atom is 0.410 e. The molecule has 27 heavy (non-hydrogen) atoms. The summed E-state index contributed by atoms with van der Waals surface area (Å²) >= 11 is 0. The Bertz CT molecular complexity index is 860. The van der Waals surface area contributed by atoms with Crippen molar-refractivity contribution in [3.05, 3.63) is 35.5 Å². The van der Waals surface area contributed by atoms with E-state index in [2.05, 4.69) is 30.0 Å². The molecule has 0 spiro atoms. The molecule has 2 aliphatic rings. The van der Waals surface area contributed by atoms with Crippen LogP contribution in [0.15, 0.2) is 24.4 Å². The van der Waals surface area contributed by atoms with E-state index in [1.165, 1.54) is 35.0 Å². The van der Waals surface area contributed by atoms with Crippen molar-refractivity contribution in [1.29, 1.82) is 0 Å². The van der Waals surface area contributed by atoms with E-state index >= 15 is 0 Å². The Kier molecular flexibility index (Phi) is 4.49. The van der Waals surface area contributed by atoms with Crippen LogP contribution in [-0.4, -0.2) is 47.8 Å². The van der Waals surface area contributed by atoms with Crippen LogP contribution in [0.5, 0.6) is 0 Å². The Morgan fingerprint density at radius 2 is 1.85 bits per heavy atom. The van der Waals surface area contributed by atoms with Crippen LogP contribution in [0.4, 0.5) is 10.5 Å². The van der Waals surface area contributed by atoms with Gasteiger partial charge in [0.2, 0.25) is 0 Å². The van der Waals surface area contributed by atoms with Crippen LogP contribution in [0.3, 0.4) is 0 Å². The topological polar surface area (TPSA) is 45.7 Å². The Morgan fingerprint density at radius 1 is 1.15 bits per heavy atom. The average Bonchev–Trinajstić information content (AvgIpc) is 3.44. The van der Waals surface area contributed by atoms with Gasteiger partial charge < -0.3 is 14.5 Å². The van der Waals surface area contributed by atoms with E-state index in [0.29, 0.717) is 19.0 Å². The molecule has 0 unspecified atom stereocenters. The second kappa shape index (κ2) is 6.70. The van der Waals surface area contributed by atoms with Crippen molar-refractivity contribution in [3.8, 4) is 0 Å². The van der Waals surface area contributed by atoms with Crippen LogP contribution < -0.4 is 4.90 Å². The lowest BCUT2D eigenvalue weighted by Gasteiger charge is -2.37. The highest BCUT2D eigenvalue weighted by Crippen LogP contribution is 2.47. The van der Waals surface area contributed by atoms with Gasteiger partial charge in [0.1, 0.15) is 5.60 Å². The third-order valence-corrected chi connectivity index (χ3v) is 5.26. The van der Waals surface area contributed by atoms with E-state index < -0.39 is 5.60 Å². The largest absolute Gasteiger partial charge is 0.444 e. The standard InChI is InChI=1S/C22H29N3O2/c1-15-13-17-7-8-18(19(16-5-6-16)20(17)23-14-15)24-9-11-25(12-10-24)21(26)27-22(2,3)4/h7-8,13-14,16H,5-6,9-12H2,1-4H3. The molecule has 2 aromatic rings. The summed E-state index contributed by atoms with van der Waals surface area (Å²) in [7, 11) is 0. The number of aryl methyl sites for hydroxylation is 1. The van der Waals surface area contributed by atoms with Gasteiger partial charge >= 0.3 is 6.09 Å². The summed E-state index contributed by atoms with van der Waals surface area (Å²) in [5.41, 5.74) is 4.59. The second-order valence-corrected chi connectivity index (χ2v) is 8.81. The number of amides is 1. The van der Waals surface area contributed by atoms with Crippen molar-refractivity contribution < 1.29 is 9.53 Å². The number of hydrogen-bond acceptors (Lipinski definition) is 4. The molecule has 1 aromatic carbocycles. The molecule has 2 heterocycles. The minimum Gasteiger partial charge on any atom is -0.444 e. The molecule has 0 N–H and O–H groups in total. The van der Waals surface area contributed by atoms with E-state index in [4.69, 9.17) is 9.72 Å². The molecule has 144 valence electrons. The number of rotatable bonds is 2. The number of aromatic nitrogens is 1. The molecular weight excluding hydrogens is 338 g/mol. The molecule has 1 aliphatic heterocycles. The number of carbonyl (C=O) groups is 1. The lowest BCUT2D eigenvalue weighted by molar-refractivity contribution is 0.0240. The Labute approximate surface area is 161 Å². The molecule has 2 fully saturated rings. The monoisotopic (exact) mass is 367 g/mol. The highest BCUT2D eigenvalue weighted by molar-refractivity contribution is 5.88. The van der Waals surface area contributed by atoms with Gasteiger partial charge in [0.15, 0.2) is 0 Å². The average molecular weight is 367 g/mol. The van der Waals surface area contributed by atoms with Gasteiger partial charge in [-0.15, -0.1) is 0 Å². The first-order valence-corrected chi connectivity index (χ1v) is 9.94. The number of benzene rings is 1. The highest BCUT2D eigenvalue weighted by atomic mass is 16.6. The van der Waals surface area contributed by atoms with Crippen molar-refractivity contribution in [2.24, 2.45) is 0 Å². The minimum absolute atomic E-state index is 0.208. The fourth-order valence-corrected chi connectivity index (χ4v) is 3.83. The summed E-state index contributed by atoms with van der Waals surface area (Å²) in [6.07, 6.45) is 4.26. The minimum atomic E-state index is -0.449. The van der Waals surface area contributed by atoms with Crippen molar-refractivity contribution >= 4 is 22.7 Å². The van der Waals surface area contributed by atoms with Crippen molar-refractivity contribution in [3.63, 3.8) is 0 Å². The normalized spacial score (nSPS) is 18.1. The molecule has 1 aliphatic carbocycles. The number of hydrogen-bond donors (Lipinski definition) is 0. The number of piperazine rings is 1. The fourth-order valence-electron chi connectivity index (χ4n) is 3.83. The Morgan fingerprint density at radius 3 is 2.48 bits per heavy atom. The highest BCUT2D eigenvalue weighted by Gasteiger charge is 2.32. The molecule has 1 saturated heterocycles. The molecule has 1 saturated carbocycles. The predicted octanol–water partition coefficient (Wildman–Crippen LogP) is 4.48. The third kappa shape index (κ3) is 3.87. The van der Waals surface area contributed by atoms with E-state index in [1.807, 2.05) is 31.9 Å². The lowest BCUT2D eigenvalue weighted by atomic mass is 10.0. The Balaban J connectivity index is 1.55. The van der Waals surface area contributed by atoms with Gasteiger partial charge in [0, 0.05) is 49.0 Å². The summed E-state index contributed by atoms with van der Waals surface area (Å²) in [6, 6.07) is 6.66. The quantitative estimate of drug-likeness (QED) is 0.785. The summed E-state index contributed by atoms with van der Waals surface area (Å²) < 4.78 is 5.52. The first-order valence-electron chi connectivity index (χ1n) is 9.94. The van der Waals surface area contributed by atoms with Crippen LogP contribution in [0.25, 0.3) is 10.9 Å². The first kappa shape index (κ1) is 18.1. The summed E-state index contributed by atoms with van der Waals surface area (Å²) in [4.78, 5) is 21.3. The predicted molar refractivity (Wildman–Crippen MR) is 108 cm³/mol. The molecule has 0 atom stereocenters. The van der Waals surface area contributed by atoms with Gasteiger partial charge in [0.05, 0.1) is 5.52 Å². The zero-order valence-electron chi connectivity index (χ0n) is 16.8. The number of carbonyl (C=O) groups excluding carboxylic acids is 1. The van der Waals surface area contributed by atoms with E-state index in [9.17, 15) is 4.79 Å². The van der Waals surface area contributed by atoms with Crippen LogP contribution in [0.2, 0.25) is 0 Å². The summed E-state index contributed by atoms with van der Waals surface area (Å²) in [5.74, 6) is 0.628. The van der Waals surface area contributed by atoms with Crippen LogP contribution in [0.1, 0.15) is 50.7 Å². The number of fused-ring (bicyclic) bond motifs is 1. The summed E-state index contributed by atoms with van der Waals surface area (Å²) in [5, 5.41) is 1.23. The molecular formula is C22H29N3O2. The van der Waals surface area contributed by atoms with Crippen molar-refractivity contribution in [2.75, 3.05) is 31.1 Å². The van der Waals surface area contributed by atoms with Gasteiger partial charge in [-0.1, -0.05) is 6.07 Å². The van der Waals surface area contributed by atoms with Crippen LogP contribution in [0, 0.1) is 6.92 Å². The zero-order valence-corrected chi connectivity index (χ0v) is 16.8. The maximum absolute atomic E-state index is 12.3. The fraction of sp³-hybridized carbons (Fsp3) is 0.545. The van der Waals surface area contributed by atoms with Gasteiger partial charge in [-0.2, -0.15) is 0 Å². The Hall–Kier alpha value is -2.30.